The molecule has 0 aliphatic rings. The van der Waals surface area contributed by atoms with Gasteiger partial charge < -0.3 is 9.84 Å². The van der Waals surface area contributed by atoms with Gasteiger partial charge in [-0.15, -0.1) is 0 Å². The summed E-state index contributed by atoms with van der Waals surface area (Å²) in [6, 6.07) is 8.24. The zero-order valence-electron chi connectivity index (χ0n) is 8.64. The van der Waals surface area contributed by atoms with Crippen LogP contribution in [0.15, 0.2) is 30.3 Å². The average molecular weight is 287 g/mol. The number of carbonyl (C=O) groups is 2. The van der Waals surface area contributed by atoms with Crippen LogP contribution in [0.2, 0.25) is 0 Å². The minimum absolute atomic E-state index is 0.332. The van der Waals surface area contributed by atoms with E-state index in [9.17, 15) is 9.59 Å². The van der Waals surface area contributed by atoms with Gasteiger partial charge in [0.15, 0.2) is 5.78 Å². The summed E-state index contributed by atoms with van der Waals surface area (Å²) in [5, 5.41) is 9.15. The topological polar surface area (TPSA) is 63.6 Å². The summed E-state index contributed by atoms with van der Waals surface area (Å²) in [4.78, 5) is 23.4. The first-order valence-electron chi connectivity index (χ1n) is 4.54. The Kier molecular flexibility index (Phi) is 4.20. The number of hydrogen-bond acceptors (Lipinski definition) is 4. The summed E-state index contributed by atoms with van der Waals surface area (Å²) >= 11 is 2.94. The first-order valence-corrected chi connectivity index (χ1v) is 5.33. The van der Waals surface area contributed by atoms with Gasteiger partial charge in [0.05, 0.1) is 13.7 Å². The van der Waals surface area contributed by atoms with Crippen LogP contribution in [0, 0.1) is 0 Å². The third kappa shape index (κ3) is 2.31. The molecule has 1 aromatic rings. The maximum absolute atomic E-state index is 12.0. The van der Waals surface area contributed by atoms with Gasteiger partial charge in [-0.2, -0.15) is 0 Å². The summed E-state index contributed by atoms with van der Waals surface area (Å²) in [6.45, 7) is -0.659. The molecule has 1 rings (SSSR count). The van der Waals surface area contributed by atoms with E-state index >= 15 is 0 Å². The summed E-state index contributed by atoms with van der Waals surface area (Å²) < 4.78 is 2.76. The highest BCUT2D eigenvalue weighted by molar-refractivity contribution is 9.10. The number of hydrogen-bond donors (Lipinski definition) is 1. The van der Waals surface area contributed by atoms with Crippen LogP contribution in [0.4, 0.5) is 0 Å². The molecule has 86 valence electrons. The SMILES string of the molecule is COC(=O)C(Br)(CO)C(=O)c1ccccc1. The molecule has 4 nitrogen and oxygen atoms in total. The van der Waals surface area contributed by atoms with Gasteiger partial charge >= 0.3 is 5.97 Å². The first kappa shape index (κ1) is 12.9. The Morgan fingerprint density at radius 1 is 1.38 bits per heavy atom. The molecule has 0 fully saturated rings. The Hall–Kier alpha value is -1.20. The molecular formula is C11H11BrO4. The Bertz CT molecular complexity index is 390. The quantitative estimate of drug-likeness (QED) is 0.391. The fourth-order valence-corrected chi connectivity index (χ4v) is 1.60. The number of benzene rings is 1. The fraction of sp³-hybridized carbons (Fsp3) is 0.273. The predicted molar refractivity (Wildman–Crippen MR) is 61.5 cm³/mol. The fourth-order valence-electron chi connectivity index (χ4n) is 1.21. The van der Waals surface area contributed by atoms with E-state index < -0.39 is 22.7 Å². The molecule has 0 saturated heterocycles. The van der Waals surface area contributed by atoms with Crippen LogP contribution in [-0.2, 0) is 9.53 Å². The minimum atomic E-state index is -1.72. The smallest absolute Gasteiger partial charge is 0.333 e. The molecular weight excluding hydrogens is 276 g/mol. The first-order chi connectivity index (χ1) is 7.56. The molecule has 5 heteroatoms. The van der Waals surface area contributed by atoms with E-state index in [2.05, 4.69) is 20.7 Å². The number of ketones is 1. The van der Waals surface area contributed by atoms with Crippen molar-refractivity contribution in [3.05, 3.63) is 35.9 Å². The summed E-state index contributed by atoms with van der Waals surface area (Å²) in [7, 11) is 1.16. The Morgan fingerprint density at radius 2 is 1.94 bits per heavy atom. The van der Waals surface area contributed by atoms with Crippen molar-refractivity contribution in [2.24, 2.45) is 0 Å². The summed E-state index contributed by atoms with van der Waals surface area (Å²) in [5.41, 5.74) is 0.332. The van der Waals surface area contributed by atoms with Crippen molar-refractivity contribution in [2.45, 2.75) is 4.32 Å². The number of alkyl halides is 1. The molecule has 0 saturated carbocycles. The van der Waals surface area contributed by atoms with E-state index in [4.69, 9.17) is 5.11 Å². The molecule has 0 heterocycles. The van der Waals surface area contributed by atoms with Gasteiger partial charge in [0.25, 0.3) is 0 Å². The van der Waals surface area contributed by atoms with Crippen molar-refractivity contribution < 1.29 is 19.4 Å². The lowest BCUT2D eigenvalue weighted by Crippen LogP contribution is -2.45. The number of carbonyl (C=O) groups excluding carboxylic acids is 2. The molecule has 0 radical (unpaired) electrons. The van der Waals surface area contributed by atoms with E-state index in [-0.39, 0.29) is 0 Å². The van der Waals surface area contributed by atoms with Gasteiger partial charge in [0, 0.05) is 5.56 Å². The van der Waals surface area contributed by atoms with Crippen molar-refractivity contribution in [3.8, 4) is 0 Å². The van der Waals surface area contributed by atoms with E-state index in [1.165, 1.54) is 0 Å². The molecule has 0 spiro atoms. The van der Waals surface area contributed by atoms with Gasteiger partial charge in [0.1, 0.15) is 0 Å². The minimum Gasteiger partial charge on any atom is -0.468 e. The molecule has 0 aliphatic carbocycles. The second-order valence-corrected chi connectivity index (χ2v) is 4.50. The lowest BCUT2D eigenvalue weighted by molar-refractivity contribution is -0.142. The molecule has 1 aromatic carbocycles. The van der Waals surface area contributed by atoms with Crippen LogP contribution in [0.5, 0.6) is 0 Å². The molecule has 1 atom stereocenters. The largest absolute Gasteiger partial charge is 0.468 e. The monoisotopic (exact) mass is 286 g/mol. The highest BCUT2D eigenvalue weighted by atomic mass is 79.9. The zero-order chi connectivity index (χ0) is 12.2. The average Bonchev–Trinajstić information content (AvgIpc) is 2.36. The van der Waals surface area contributed by atoms with Gasteiger partial charge in [0.2, 0.25) is 4.32 Å². The molecule has 0 aliphatic heterocycles. The normalized spacial score (nSPS) is 13.9. The summed E-state index contributed by atoms with van der Waals surface area (Å²) in [6.07, 6.45) is 0. The number of esters is 1. The number of methoxy groups -OCH3 is 1. The van der Waals surface area contributed by atoms with Crippen LogP contribution in [-0.4, -0.2) is 34.9 Å². The van der Waals surface area contributed by atoms with Crippen LogP contribution < -0.4 is 0 Å². The van der Waals surface area contributed by atoms with Gasteiger partial charge in [-0.25, -0.2) is 4.79 Å². The van der Waals surface area contributed by atoms with Crippen LogP contribution >= 0.6 is 15.9 Å². The zero-order valence-corrected chi connectivity index (χ0v) is 10.2. The number of halogens is 1. The molecule has 16 heavy (non-hydrogen) atoms. The van der Waals surface area contributed by atoms with Gasteiger partial charge in [-0.1, -0.05) is 46.3 Å². The Morgan fingerprint density at radius 3 is 2.38 bits per heavy atom. The number of aliphatic hydroxyl groups excluding tert-OH is 1. The molecule has 0 aromatic heterocycles. The number of Topliss-reactive ketones (excluding diaryl/α,β-unsaturated/α-hetero) is 1. The lowest BCUT2D eigenvalue weighted by Gasteiger charge is -2.20. The summed E-state index contributed by atoms with van der Waals surface area (Å²) in [5.74, 6) is -1.34. The standard InChI is InChI=1S/C11H11BrO4/c1-16-10(15)11(12,7-13)9(14)8-5-3-2-4-6-8/h2-6,13H,7H2,1H3. The van der Waals surface area contributed by atoms with Crippen molar-refractivity contribution in [1.82, 2.24) is 0 Å². The van der Waals surface area contributed by atoms with Crippen molar-refractivity contribution in [2.75, 3.05) is 13.7 Å². The molecule has 0 bridgehead atoms. The van der Waals surface area contributed by atoms with Gasteiger partial charge in [-0.3, -0.25) is 4.79 Å². The maximum Gasteiger partial charge on any atom is 0.333 e. The van der Waals surface area contributed by atoms with Crippen LogP contribution in [0.25, 0.3) is 0 Å². The highest BCUT2D eigenvalue weighted by Crippen LogP contribution is 2.24. The lowest BCUT2D eigenvalue weighted by atomic mass is 9.98. The van der Waals surface area contributed by atoms with Crippen LogP contribution in [0.1, 0.15) is 10.4 Å². The van der Waals surface area contributed by atoms with Gasteiger partial charge in [-0.05, 0) is 0 Å². The van der Waals surface area contributed by atoms with E-state index in [0.29, 0.717) is 5.56 Å². The highest BCUT2D eigenvalue weighted by Gasteiger charge is 2.44. The van der Waals surface area contributed by atoms with Crippen molar-refractivity contribution in [3.63, 3.8) is 0 Å². The maximum atomic E-state index is 12.0. The number of ether oxygens (including phenoxy) is 1. The Balaban J connectivity index is 3.07. The third-order valence-corrected chi connectivity index (χ3v) is 3.06. The molecule has 1 N–H and O–H groups in total. The van der Waals surface area contributed by atoms with E-state index in [0.717, 1.165) is 7.11 Å². The number of aliphatic hydroxyl groups is 1. The Labute approximate surface area is 101 Å². The second-order valence-electron chi connectivity index (χ2n) is 3.15. The van der Waals surface area contributed by atoms with Crippen molar-refractivity contribution >= 4 is 27.7 Å². The van der Waals surface area contributed by atoms with Crippen LogP contribution in [0.3, 0.4) is 0 Å². The van der Waals surface area contributed by atoms with Crippen molar-refractivity contribution in [1.29, 1.82) is 0 Å². The number of rotatable bonds is 4. The predicted octanol–water partition coefficient (Wildman–Crippen LogP) is 1.17. The van der Waals surface area contributed by atoms with E-state index in [1.54, 1.807) is 30.3 Å². The second kappa shape index (κ2) is 5.23. The molecule has 1 unspecified atom stereocenters. The van der Waals surface area contributed by atoms with E-state index in [1.807, 2.05) is 0 Å². The molecule has 0 amide bonds. The third-order valence-electron chi connectivity index (χ3n) is 2.12.